The Kier molecular flexibility index (Phi) is 9.06. The molecule has 0 radical (unpaired) electrons. The van der Waals surface area contributed by atoms with E-state index in [0.29, 0.717) is 18.6 Å². The summed E-state index contributed by atoms with van der Waals surface area (Å²) in [6.45, 7) is 15.1. The first-order valence-corrected chi connectivity index (χ1v) is 14.9. The SMILES string of the molecule is COC(=O)[C@@H]1C/C(=N\NS(=O)(=O)c2ccc(C)cc2)C[C@H]1[C@@H]1OC(C)(C)N(C(=O)OC(C)(C)C)[C@H]1CC(C)C. The maximum absolute atomic E-state index is 13.4. The van der Waals surface area contributed by atoms with E-state index in [2.05, 4.69) is 23.8 Å². The van der Waals surface area contributed by atoms with E-state index < -0.39 is 45.4 Å². The molecule has 218 valence electrons. The Bertz CT molecular complexity index is 1190. The van der Waals surface area contributed by atoms with Crippen LogP contribution in [0.1, 0.15) is 73.3 Å². The Labute approximate surface area is 232 Å². The minimum absolute atomic E-state index is 0.0994. The Morgan fingerprint density at radius 3 is 2.33 bits per heavy atom. The smallest absolute Gasteiger partial charge is 0.412 e. The van der Waals surface area contributed by atoms with Crippen LogP contribution in [0, 0.1) is 24.7 Å². The molecule has 2 aliphatic rings. The van der Waals surface area contributed by atoms with Crippen molar-refractivity contribution in [3.05, 3.63) is 29.8 Å². The van der Waals surface area contributed by atoms with E-state index in [1.807, 2.05) is 41.5 Å². The Morgan fingerprint density at radius 2 is 1.79 bits per heavy atom. The third-order valence-corrected chi connectivity index (χ3v) is 8.27. The van der Waals surface area contributed by atoms with E-state index >= 15 is 0 Å². The molecule has 1 aromatic carbocycles. The van der Waals surface area contributed by atoms with Gasteiger partial charge in [-0.1, -0.05) is 31.5 Å². The van der Waals surface area contributed by atoms with Crippen molar-refractivity contribution in [2.75, 3.05) is 7.11 Å². The van der Waals surface area contributed by atoms with Crippen molar-refractivity contribution in [1.29, 1.82) is 0 Å². The minimum Gasteiger partial charge on any atom is -0.469 e. The van der Waals surface area contributed by atoms with Gasteiger partial charge in [0.25, 0.3) is 10.0 Å². The molecule has 1 aromatic rings. The van der Waals surface area contributed by atoms with Crippen molar-refractivity contribution < 1.29 is 32.2 Å². The van der Waals surface area contributed by atoms with Gasteiger partial charge in [-0.2, -0.15) is 13.5 Å². The first-order chi connectivity index (χ1) is 17.9. The maximum atomic E-state index is 13.4. The second-order valence-corrected chi connectivity index (χ2v) is 14.0. The third-order valence-electron chi connectivity index (χ3n) is 7.04. The predicted molar refractivity (Wildman–Crippen MR) is 147 cm³/mol. The summed E-state index contributed by atoms with van der Waals surface area (Å²) >= 11 is 0. The van der Waals surface area contributed by atoms with Gasteiger partial charge in [-0.25, -0.2) is 9.63 Å². The molecular formula is C28H43N3O7S. The van der Waals surface area contributed by atoms with Crippen LogP contribution in [0.5, 0.6) is 0 Å². The lowest BCUT2D eigenvalue weighted by molar-refractivity contribution is -0.150. The highest BCUT2D eigenvalue weighted by Gasteiger charge is 2.57. The second-order valence-electron chi connectivity index (χ2n) is 12.4. The van der Waals surface area contributed by atoms with Crippen molar-refractivity contribution in [3.63, 3.8) is 0 Å². The quantitative estimate of drug-likeness (QED) is 0.378. The number of sulfonamides is 1. The van der Waals surface area contributed by atoms with E-state index in [9.17, 15) is 18.0 Å². The highest BCUT2D eigenvalue weighted by Crippen LogP contribution is 2.45. The van der Waals surface area contributed by atoms with Crippen molar-refractivity contribution in [3.8, 4) is 0 Å². The van der Waals surface area contributed by atoms with Gasteiger partial charge in [-0.3, -0.25) is 9.69 Å². The number of aryl methyl sites for hydroxylation is 1. The average molecular weight is 566 g/mol. The van der Waals surface area contributed by atoms with Gasteiger partial charge in [0.15, 0.2) is 0 Å². The van der Waals surface area contributed by atoms with Crippen LogP contribution < -0.4 is 4.83 Å². The van der Waals surface area contributed by atoms with Gasteiger partial charge in [-0.05, 0) is 72.4 Å². The zero-order chi connectivity index (χ0) is 29.3. The molecule has 4 atom stereocenters. The van der Waals surface area contributed by atoms with Gasteiger partial charge < -0.3 is 14.2 Å². The lowest BCUT2D eigenvalue weighted by Crippen LogP contribution is -2.51. The molecule has 1 aliphatic heterocycles. The molecule has 39 heavy (non-hydrogen) atoms. The lowest BCUT2D eigenvalue weighted by atomic mass is 9.84. The Hall–Kier alpha value is -2.66. The monoisotopic (exact) mass is 565 g/mol. The second kappa shape index (κ2) is 11.4. The molecule has 1 saturated carbocycles. The number of hydrazone groups is 1. The summed E-state index contributed by atoms with van der Waals surface area (Å²) in [6, 6.07) is 6.09. The molecule has 11 heteroatoms. The number of esters is 1. The number of benzene rings is 1. The van der Waals surface area contributed by atoms with Crippen molar-refractivity contribution in [2.24, 2.45) is 22.9 Å². The van der Waals surface area contributed by atoms with E-state index in [1.165, 1.54) is 19.2 Å². The number of carbonyl (C=O) groups is 2. The molecule has 10 nitrogen and oxygen atoms in total. The van der Waals surface area contributed by atoms with Gasteiger partial charge in [0.05, 0.1) is 30.1 Å². The Balaban J connectivity index is 1.93. The van der Waals surface area contributed by atoms with Crippen LogP contribution >= 0.6 is 0 Å². The number of hydrogen-bond acceptors (Lipinski definition) is 8. The maximum Gasteiger partial charge on any atom is 0.412 e. The summed E-state index contributed by atoms with van der Waals surface area (Å²) < 4.78 is 43.0. The van der Waals surface area contributed by atoms with Crippen LogP contribution in [-0.2, 0) is 29.0 Å². The first kappa shape index (κ1) is 30.9. The summed E-state index contributed by atoms with van der Waals surface area (Å²) in [4.78, 5) is 30.3. The lowest BCUT2D eigenvalue weighted by Gasteiger charge is -2.36. The van der Waals surface area contributed by atoms with Crippen LogP contribution in [0.25, 0.3) is 0 Å². The van der Waals surface area contributed by atoms with Gasteiger partial charge in [0, 0.05) is 18.1 Å². The molecule has 1 aliphatic carbocycles. The molecule has 2 fully saturated rings. The minimum atomic E-state index is -3.88. The number of amides is 1. The third kappa shape index (κ3) is 7.30. The highest BCUT2D eigenvalue weighted by atomic mass is 32.2. The summed E-state index contributed by atoms with van der Waals surface area (Å²) in [7, 11) is -2.56. The fourth-order valence-corrected chi connectivity index (χ4v) is 6.27. The molecule has 0 aromatic heterocycles. The molecule has 0 spiro atoms. The fraction of sp³-hybridized carbons (Fsp3) is 0.679. The summed E-state index contributed by atoms with van der Waals surface area (Å²) in [6.07, 6.45) is 0.167. The van der Waals surface area contributed by atoms with Gasteiger partial charge in [0.2, 0.25) is 0 Å². The first-order valence-electron chi connectivity index (χ1n) is 13.4. The average Bonchev–Trinajstić information content (AvgIpc) is 3.34. The molecule has 1 N–H and O–H groups in total. The summed E-state index contributed by atoms with van der Waals surface area (Å²) in [5.74, 6) is -1.18. The summed E-state index contributed by atoms with van der Waals surface area (Å²) in [5.41, 5.74) is -0.216. The molecule has 0 unspecified atom stereocenters. The van der Waals surface area contributed by atoms with E-state index in [4.69, 9.17) is 14.2 Å². The zero-order valence-corrected chi connectivity index (χ0v) is 25.3. The number of nitrogens with one attached hydrogen (secondary N) is 1. The zero-order valence-electron chi connectivity index (χ0n) is 24.5. The number of nitrogens with zero attached hydrogens (tertiary/aromatic N) is 2. The number of hydrogen-bond donors (Lipinski definition) is 1. The molecule has 1 amide bonds. The molecule has 1 heterocycles. The van der Waals surface area contributed by atoms with E-state index in [0.717, 1.165) is 5.56 Å². The van der Waals surface area contributed by atoms with E-state index in [-0.39, 0.29) is 29.2 Å². The van der Waals surface area contributed by atoms with Crippen molar-refractivity contribution in [2.45, 2.75) is 103 Å². The van der Waals surface area contributed by atoms with Crippen LogP contribution in [0.2, 0.25) is 0 Å². The van der Waals surface area contributed by atoms with Gasteiger partial charge in [-0.15, -0.1) is 0 Å². The normalized spacial score (nSPS) is 26.2. The molecule has 1 saturated heterocycles. The number of rotatable bonds is 7. The molecular weight excluding hydrogens is 522 g/mol. The van der Waals surface area contributed by atoms with Gasteiger partial charge >= 0.3 is 12.1 Å². The summed E-state index contributed by atoms with van der Waals surface area (Å²) in [5, 5.41) is 4.22. The predicted octanol–water partition coefficient (Wildman–Crippen LogP) is 4.62. The van der Waals surface area contributed by atoms with Gasteiger partial charge in [0.1, 0.15) is 11.3 Å². The van der Waals surface area contributed by atoms with Crippen molar-refractivity contribution >= 4 is 27.8 Å². The highest BCUT2D eigenvalue weighted by molar-refractivity contribution is 7.89. The van der Waals surface area contributed by atoms with Crippen LogP contribution in [0.3, 0.4) is 0 Å². The fourth-order valence-electron chi connectivity index (χ4n) is 5.42. The number of carbonyl (C=O) groups excluding carboxylic acids is 2. The number of methoxy groups -OCH3 is 1. The topological polar surface area (TPSA) is 124 Å². The van der Waals surface area contributed by atoms with Crippen LogP contribution in [0.4, 0.5) is 4.79 Å². The van der Waals surface area contributed by atoms with Crippen LogP contribution in [-0.4, -0.2) is 61.7 Å². The molecule has 3 rings (SSSR count). The Morgan fingerprint density at radius 1 is 1.18 bits per heavy atom. The van der Waals surface area contributed by atoms with Crippen LogP contribution in [0.15, 0.2) is 34.3 Å². The standard InChI is InChI=1S/C28H43N3O7S/c1-17(2)14-23-24(37-28(7,8)31(23)26(33)38-27(4,5)6)21-15-19(16-22(21)25(32)36-9)29-30-39(34,35)20-12-10-18(3)11-13-20/h10-13,17,21-24,30H,14-16H2,1-9H3/b29-19-/t21-,22-,23+,24+/m1/s1. The largest absolute Gasteiger partial charge is 0.469 e. The van der Waals surface area contributed by atoms with Crippen molar-refractivity contribution in [1.82, 2.24) is 9.73 Å². The number of ether oxygens (including phenoxy) is 3. The van der Waals surface area contributed by atoms with E-state index in [1.54, 1.807) is 17.0 Å². The molecule has 0 bridgehead atoms.